The van der Waals surface area contributed by atoms with E-state index in [1.807, 2.05) is 6.07 Å². The van der Waals surface area contributed by atoms with Gasteiger partial charge in [0.2, 0.25) is 0 Å². The van der Waals surface area contributed by atoms with Gasteiger partial charge in [0.05, 0.1) is 13.2 Å². The predicted molar refractivity (Wildman–Crippen MR) is 111 cm³/mol. The predicted octanol–water partition coefficient (Wildman–Crippen LogP) is 2.84. The molecule has 0 fully saturated rings. The summed E-state index contributed by atoms with van der Waals surface area (Å²) in [6.45, 7) is 7.89. The van der Waals surface area contributed by atoms with Crippen LogP contribution in [0.1, 0.15) is 25.8 Å². The largest absolute Gasteiger partial charge is 0.383 e. The van der Waals surface area contributed by atoms with E-state index in [4.69, 9.17) is 9.47 Å². The lowest BCUT2D eigenvalue weighted by Gasteiger charge is -2.16. The van der Waals surface area contributed by atoms with Crippen LogP contribution in [0.15, 0.2) is 35.3 Å². The van der Waals surface area contributed by atoms with E-state index in [0.717, 1.165) is 45.1 Å². The summed E-state index contributed by atoms with van der Waals surface area (Å²) < 4.78 is 10.8. The summed E-state index contributed by atoms with van der Waals surface area (Å²) in [6, 6.07) is 10.6. The van der Waals surface area contributed by atoms with Crippen LogP contribution in [0.4, 0.5) is 0 Å². The van der Waals surface area contributed by atoms with Crippen molar-refractivity contribution < 1.29 is 9.47 Å². The number of benzene rings is 1. The Labute approximate surface area is 163 Å². The quantitative estimate of drug-likeness (QED) is 0.236. The zero-order valence-corrected chi connectivity index (χ0v) is 17.4. The number of halogens is 1. The van der Waals surface area contributed by atoms with Crippen LogP contribution in [0.2, 0.25) is 0 Å². The number of methoxy groups -OCH3 is 1. The van der Waals surface area contributed by atoms with E-state index in [-0.39, 0.29) is 30.0 Å². The number of ether oxygens (including phenoxy) is 2. The highest BCUT2D eigenvalue weighted by Gasteiger charge is 2.03. The van der Waals surface area contributed by atoms with Gasteiger partial charge in [0.15, 0.2) is 5.96 Å². The smallest absolute Gasteiger partial charge is 0.191 e. The van der Waals surface area contributed by atoms with Gasteiger partial charge in [0, 0.05) is 32.8 Å². The molecule has 1 aromatic rings. The highest BCUT2D eigenvalue weighted by Crippen LogP contribution is 1.99. The monoisotopic (exact) mass is 449 g/mol. The minimum Gasteiger partial charge on any atom is -0.383 e. The molecule has 0 bridgehead atoms. The molecule has 5 nitrogen and oxygen atoms in total. The standard InChI is InChI=1S/C18H31N3O2.HI/c1-4-19-18(21-16(2)15-22-3)20-12-8-13-23-14-11-17-9-6-5-7-10-17;/h5-7,9-10,16H,4,8,11-15H2,1-3H3,(H2,19,20,21);1H. The number of rotatable bonds is 11. The van der Waals surface area contributed by atoms with E-state index in [1.165, 1.54) is 5.56 Å². The third-order valence-electron chi connectivity index (χ3n) is 3.24. The number of guanidine groups is 1. The van der Waals surface area contributed by atoms with Crippen LogP contribution >= 0.6 is 24.0 Å². The molecule has 0 spiro atoms. The van der Waals surface area contributed by atoms with E-state index >= 15 is 0 Å². The van der Waals surface area contributed by atoms with Gasteiger partial charge < -0.3 is 20.1 Å². The molecule has 138 valence electrons. The maximum atomic E-state index is 5.67. The van der Waals surface area contributed by atoms with Gasteiger partial charge >= 0.3 is 0 Å². The average Bonchev–Trinajstić information content (AvgIpc) is 2.55. The Balaban J connectivity index is 0.00000529. The first-order valence-corrected chi connectivity index (χ1v) is 8.41. The summed E-state index contributed by atoms with van der Waals surface area (Å²) in [4.78, 5) is 4.55. The lowest BCUT2D eigenvalue weighted by atomic mass is 10.2. The van der Waals surface area contributed by atoms with Gasteiger partial charge in [-0.15, -0.1) is 24.0 Å². The SMILES string of the molecule is CCNC(=NCCCOCCc1ccccc1)NC(C)COC.I. The molecule has 0 amide bonds. The summed E-state index contributed by atoms with van der Waals surface area (Å²) in [6.07, 6.45) is 1.88. The normalized spacial score (nSPS) is 12.4. The lowest BCUT2D eigenvalue weighted by Crippen LogP contribution is -2.44. The van der Waals surface area contributed by atoms with Crippen molar-refractivity contribution in [3.05, 3.63) is 35.9 Å². The number of hydrogen-bond acceptors (Lipinski definition) is 3. The van der Waals surface area contributed by atoms with Crippen LogP contribution in [0.5, 0.6) is 0 Å². The Morgan fingerprint density at radius 3 is 2.62 bits per heavy atom. The summed E-state index contributed by atoms with van der Waals surface area (Å²) in [5.74, 6) is 0.835. The van der Waals surface area contributed by atoms with Crippen LogP contribution in [-0.4, -0.2) is 52.0 Å². The first-order valence-electron chi connectivity index (χ1n) is 8.41. The van der Waals surface area contributed by atoms with Crippen LogP contribution < -0.4 is 10.6 Å². The Bertz CT molecular complexity index is 430. The number of nitrogens with zero attached hydrogens (tertiary/aromatic N) is 1. The van der Waals surface area contributed by atoms with Crippen LogP contribution in [0, 0.1) is 0 Å². The molecule has 1 aromatic carbocycles. The molecule has 0 heterocycles. The van der Waals surface area contributed by atoms with Crippen LogP contribution in [0.25, 0.3) is 0 Å². The second-order valence-electron chi connectivity index (χ2n) is 5.46. The zero-order chi connectivity index (χ0) is 16.8. The molecule has 24 heavy (non-hydrogen) atoms. The summed E-state index contributed by atoms with van der Waals surface area (Å²) in [7, 11) is 1.70. The van der Waals surface area contributed by atoms with Gasteiger partial charge in [0.25, 0.3) is 0 Å². The van der Waals surface area contributed by atoms with Crippen LogP contribution in [0.3, 0.4) is 0 Å². The number of nitrogens with one attached hydrogen (secondary N) is 2. The Kier molecular flexibility index (Phi) is 15.1. The fourth-order valence-corrected chi connectivity index (χ4v) is 2.14. The third-order valence-corrected chi connectivity index (χ3v) is 3.24. The van der Waals surface area contributed by atoms with Crippen molar-refractivity contribution in [2.75, 3.05) is 40.0 Å². The van der Waals surface area contributed by atoms with E-state index in [0.29, 0.717) is 6.61 Å². The summed E-state index contributed by atoms with van der Waals surface area (Å²) in [5, 5.41) is 6.55. The van der Waals surface area contributed by atoms with Gasteiger partial charge in [0.1, 0.15) is 0 Å². The molecule has 0 saturated carbocycles. The van der Waals surface area contributed by atoms with Gasteiger partial charge in [-0.05, 0) is 32.3 Å². The topological polar surface area (TPSA) is 54.9 Å². The second-order valence-corrected chi connectivity index (χ2v) is 5.46. The fourth-order valence-electron chi connectivity index (χ4n) is 2.14. The fraction of sp³-hybridized carbons (Fsp3) is 0.611. The van der Waals surface area contributed by atoms with Crippen molar-refractivity contribution >= 4 is 29.9 Å². The van der Waals surface area contributed by atoms with Gasteiger partial charge in [-0.25, -0.2) is 0 Å². The van der Waals surface area contributed by atoms with Gasteiger partial charge in [-0.2, -0.15) is 0 Å². The molecule has 0 aliphatic carbocycles. The zero-order valence-electron chi connectivity index (χ0n) is 15.1. The molecule has 1 rings (SSSR count). The summed E-state index contributed by atoms with van der Waals surface area (Å²) in [5.41, 5.74) is 1.32. The van der Waals surface area contributed by atoms with Crippen LogP contribution in [-0.2, 0) is 15.9 Å². The van der Waals surface area contributed by atoms with E-state index in [1.54, 1.807) is 7.11 Å². The highest BCUT2D eigenvalue weighted by atomic mass is 127. The molecule has 1 atom stereocenters. The van der Waals surface area contributed by atoms with Crippen molar-refractivity contribution in [2.24, 2.45) is 4.99 Å². The first-order chi connectivity index (χ1) is 11.3. The van der Waals surface area contributed by atoms with Crippen molar-refractivity contribution in [1.29, 1.82) is 0 Å². The average molecular weight is 449 g/mol. The van der Waals surface area contributed by atoms with Crippen molar-refractivity contribution in [1.82, 2.24) is 10.6 Å². The third kappa shape index (κ3) is 11.6. The summed E-state index contributed by atoms with van der Waals surface area (Å²) >= 11 is 0. The first kappa shape index (κ1) is 23.1. The van der Waals surface area contributed by atoms with Gasteiger partial charge in [-0.3, -0.25) is 4.99 Å². The minimum absolute atomic E-state index is 0. The Morgan fingerprint density at radius 1 is 1.21 bits per heavy atom. The maximum Gasteiger partial charge on any atom is 0.191 e. The Hall–Kier alpha value is -0.860. The number of aliphatic imine (C=N–C) groups is 1. The number of hydrogen-bond donors (Lipinski definition) is 2. The Morgan fingerprint density at radius 2 is 1.96 bits per heavy atom. The molecule has 2 N–H and O–H groups in total. The molecule has 0 radical (unpaired) electrons. The molecule has 0 aromatic heterocycles. The maximum absolute atomic E-state index is 5.67. The molecule has 0 aliphatic rings. The van der Waals surface area contributed by atoms with Crippen molar-refractivity contribution in [3.8, 4) is 0 Å². The van der Waals surface area contributed by atoms with E-state index in [2.05, 4.69) is 53.7 Å². The van der Waals surface area contributed by atoms with Crippen molar-refractivity contribution in [2.45, 2.75) is 32.7 Å². The molecule has 1 unspecified atom stereocenters. The second kappa shape index (κ2) is 15.7. The molecular weight excluding hydrogens is 417 g/mol. The molecule has 0 aliphatic heterocycles. The lowest BCUT2D eigenvalue weighted by molar-refractivity contribution is 0.136. The highest BCUT2D eigenvalue weighted by molar-refractivity contribution is 14.0. The molecular formula is C18H32IN3O2. The van der Waals surface area contributed by atoms with E-state index < -0.39 is 0 Å². The van der Waals surface area contributed by atoms with Gasteiger partial charge in [-0.1, -0.05) is 30.3 Å². The van der Waals surface area contributed by atoms with Crippen molar-refractivity contribution in [3.63, 3.8) is 0 Å². The molecule has 0 saturated heterocycles. The van der Waals surface area contributed by atoms with E-state index in [9.17, 15) is 0 Å². The minimum atomic E-state index is 0. The molecule has 6 heteroatoms.